The van der Waals surface area contributed by atoms with E-state index in [1.165, 1.54) is 5.56 Å². The summed E-state index contributed by atoms with van der Waals surface area (Å²) >= 11 is 0. The van der Waals surface area contributed by atoms with Gasteiger partial charge in [0, 0.05) is 24.7 Å². The maximum Gasteiger partial charge on any atom is 0.330 e. The van der Waals surface area contributed by atoms with Crippen LogP contribution in [0.15, 0.2) is 40.1 Å². The van der Waals surface area contributed by atoms with Crippen LogP contribution in [-0.2, 0) is 13.5 Å². The monoisotopic (exact) mass is 433 g/mol. The zero-order valence-corrected chi connectivity index (χ0v) is 19.9. The molecule has 0 aliphatic carbocycles. The van der Waals surface area contributed by atoms with Gasteiger partial charge in [0.1, 0.15) is 5.49 Å². The van der Waals surface area contributed by atoms with Gasteiger partial charge in [0.15, 0.2) is 11.5 Å². The summed E-state index contributed by atoms with van der Waals surface area (Å²) in [6, 6.07) is 10.3. The van der Waals surface area contributed by atoms with E-state index >= 15 is 0 Å². The summed E-state index contributed by atoms with van der Waals surface area (Å²) in [7, 11) is 5.07. The van der Waals surface area contributed by atoms with Crippen molar-refractivity contribution in [1.82, 2.24) is 9.13 Å². The van der Waals surface area contributed by atoms with E-state index in [0.717, 1.165) is 46.5 Å². The summed E-state index contributed by atoms with van der Waals surface area (Å²) in [5.74, 6) is 1.35. The predicted octanol–water partition coefficient (Wildman–Crippen LogP) is 4.54. The first-order valence-electron chi connectivity index (χ1n) is 11.0. The van der Waals surface area contributed by atoms with Crippen molar-refractivity contribution in [2.45, 2.75) is 46.6 Å². The predicted molar refractivity (Wildman–Crippen MR) is 127 cm³/mol. The van der Waals surface area contributed by atoms with E-state index in [1.807, 2.05) is 22.8 Å². The van der Waals surface area contributed by atoms with E-state index in [9.17, 15) is 4.79 Å². The number of nitrogens with zero attached hydrogens (tertiary/aromatic N) is 3. The van der Waals surface area contributed by atoms with Gasteiger partial charge in [0.2, 0.25) is 0 Å². The highest BCUT2D eigenvalue weighted by Crippen LogP contribution is 2.40. The molecule has 0 saturated carbocycles. The van der Waals surface area contributed by atoms with Crippen LogP contribution in [0.25, 0.3) is 11.3 Å². The Bertz CT molecular complexity index is 1310. The largest absolute Gasteiger partial charge is 0.493 e. The number of hydrogen-bond donors (Lipinski definition) is 0. The average Bonchev–Trinajstić information content (AvgIpc) is 2.77. The first-order valence-corrected chi connectivity index (χ1v) is 11.0. The molecule has 0 radical (unpaired) electrons. The summed E-state index contributed by atoms with van der Waals surface area (Å²) < 4.78 is 14.6. The van der Waals surface area contributed by atoms with Crippen LogP contribution in [0.1, 0.15) is 41.6 Å². The van der Waals surface area contributed by atoms with Crippen molar-refractivity contribution in [2.24, 2.45) is 12.0 Å². The normalized spacial score (nSPS) is 15.3. The van der Waals surface area contributed by atoms with Crippen molar-refractivity contribution in [3.8, 4) is 22.8 Å². The summed E-state index contributed by atoms with van der Waals surface area (Å²) in [4.78, 5) is 18.5. The second kappa shape index (κ2) is 8.34. The molecule has 32 heavy (non-hydrogen) atoms. The maximum absolute atomic E-state index is 13.5. The molecule has 1 atom stereocenters. The van der Waals surface area contributed by atoms with Gasteiger partial charge in [-0.3, -0.25) is 9.13 Å². The van der Waals surface area contributed by atoms with E-state index in [4.69, 9.17) is 14.5 Å². The molecule has 4 rings (SSSR count). The molecule has 1 aromatic heterocycles. The van der Waals surface area contributed by atoms with Gasteiger partial charge in [0.25, 0.3) is 0 Å². The second-order valence-corrected chi connectivity index (χ2v) is 8.59. The van der Waals surface area contributed by atoms with E-state index in [2.05, 4.69) is 39.8 Å². The highest BCUT2D eigenvalue weighted by molar-refractivity contribution is 5.70. The van der Waals surface area contributed by atoms with Crippen molar-refractivity contribution in [2.75, 3.05) is 14.2 Å². The van der Waals surface area contributed by atoms with Crippen molar-refractivity contribution < 1.29 is 9.47 Å². The second-order valence-electron chi connectivity index (χ2n) is 8.59. The van der Waals surface area contributed by atoms with Crippen LogP contribution in [0, 0.1) is 20.8 Å². The number of aromatic nitrogens is 2. The average molecular weight is 434 g/mol. The molecule has 6 heteroatoms. The maximum atomic E-state index is 13.5. The Labute approximate surface area is 188 Å². The first-order chi connectivity index (χ1) is 15.3. The lowest BCUT2D eigenvalue weighted by Crippen LogP contribution is -2.42. The van der Waals surface area contributed by atoms with Crippen LogP contribution >= 0.6 is 0 Å². The van der Waals surface area contributed by atoms with Crippen LogP contribution in [0.3, 0.4) is 0 Å². The van der Waals surface area contributed by atoms with Crippen LogP contribution in [0.5, 0.6) is 11.5 Å². The molecule has 2 heterocycles. The Hall–Kier alpha value is -3.28. The Kier molecular flexibility index (Phi) is 5.71. The lowest BCUT2D eigenvalue weighted by atomic mass is 9.91. The molecule has 0 N–H and O–H groups in total. The highest BCUT2D eigenvalue weighted by Gasteiger charge is 2.27. The SMILES string of the molecule is CCC1Cc2cc(OC)c(OC)cc2-c2c/c(=N/c3c(C)cc(C)cc3C)n(C)c(=O)n21. The highest BCUT2D eigenvalue weighted by atomic mass is 16.5. The van der Waals surface area contributed by atoms with Crippen molar-refractivity contribution in [3.05, 3.63) is 68.6 Å². The minimum absolute atomic E-state index is 0.0593. The molecular formula is C26H31N3O3. The topological polar surface area (TPSA) is 57.8 Å². The van der Waals surface area contributed by atoms with Gasteiger partial charge in [-0.1, -0.05) is 24.6 Å². The molecule has 168 valence electrons. The molecule has 1 aliphatic rings. The molecule has 0 amide bonds. The van der Waals surface area contributed by atoms with Crippen molar-refractivity contribution >= 4 is 5.69 Å². The molecule has 3 aromatic rings. The summed E-state index contributed by atoms with van der Waals surface area (Å²) in [6.07, 6.45) is 1.62. The minimum atomic E-state index is -0.0593. The summed E-state index contributed by atoms with van der Waals surface area (Å²) in [6.45, 7) is 8.32. The van der Waals surface area contributed by atoms with E-state index < -0.39 is 0 Å². The van der Waals surface area contributed by atoms with Crippen molar-refractivity contribution in [1.29, 1.82) is 0 Å². The van der Waals surface area contributed by atoms with Crippen LogP contribution in [0.4, 0.5) is 5.69 Å². The fourth-order valence-corrected chi connectivity index (χ4v) is 4.78. The van der Waals surface area contributed by atoms with Gasteiger partial charge in [-0.15, -0.1) is 0 Å². The lowest BCUT2D eigenvalue weighted by Gasteiger charge is -2.30. The molecular weight excluding hydrogens is 402 g/mol. The number of aryl methyl sites for hydroxylation is 3. The fourth-order valence-electron chi connectivity index (χ4n) is 4.78. The first kappa shape index (κ1) is 21.9. The van der Waals surface area contributed by atoms with Gasteiger partial charge >= 0.3 is 5.69 Å². The smallest absolute Gasteiger partial charge is 0.330 e. The Morgan fingerprint density at radius 1 is 1.00 bits per heavy atom. The Morgan fingerprint density at radius 3 is 2.22 bits per heavy atom. The zero-order chi connectivity index (χ0) is 23.2. The summed E-state index contributed by atoms with van der Waals surface area (Å²) in [5.41, 5.74) is 7.88. The van der Waals surface area contributed by atoms with Crippen molar-refractivity contribution in [3.63, 3.8) is 0 Å². The number of methoxy groups -OCH3 is 2. The Balaban J connectivity index is 2.05. The molecule has 6 nitrogen and oxygen atoms in total. The minimum Gasteiger partial charge on any atom is -0.493 e. The van der Waals surface area contributed by atoms with Crippen LogP contribution < -0.4 is 20.7 Å². The molecule has 0 saturated heterocycles. The van der Waals surface area contributed by atoms with Crippen LogP contribution in [-0.4, -0.2) is 23.4 Å². The van der Waals surface area contributed by atoms with Gasteiger partial charge in [-0.05, 0) is 62.4 Å². The molecule has 0 spiro atoms. The number of ether oxygens (including phenoxy) is 2. The fraction of sp³-hybridized carbons (Fsp3) is 0.385. The molecule has 1 unspecified atom stereocenters. The van der Waals surface area contributed by atoms with E-state index in [1.54, 1.807) is 25.8 Å². The quantitative estimate of drug-likeness (QED) is 0.607. The van der Waals surface area contributed by atoms with Gasteiger partial charge in [-0.25, -0.2) is 9.79 Å². The zero-order valence-electron chi connectivity index (χ0n) is 19.9. The number of fused-ring (bicyclic) bond motifs is 3. The third kappa shape index (κ3) is 3.53. The van der Waals surface area contributed by atoms with Gasteiger partial charge in [0.05, 0.1) is 25.6 Å². The standard InChI is InChI=1S/C26H31N3O3/c1-8-19-11-18-12-22(31-6)23(32-7)13-20(18)21-14-24(28(5)26(30)29(19)21)27-25-16(3)9-15(2)10-17(25)4/h9-10,12-14,19H,8,11H2,1-7H3/b27-24-. The molecule has 0 bridgehead atoms. The van der Waals surface area contributed by atoms with E-state index in [-0.39, 0.29) is 11.7 Å². The third-order valence-electron chi connectivity index (χ3n) is 6.40. The molecule has 2 aromatic carbocycles. The van der Waals surface area contributed by atoms with Gasteiger partial charge in [-0.2, -0.15) is 0 Å². The number of benzene rings is 2. The molecule has 0 fully saturated rings. The molecule has 1 aliphatic heterocycles. The summed E-state index contributed by atoms with van der Waals surface area (Å²) in [5, 5.41) is 0. The number of rotatable bonds is 4. The van der Waals surface area contributed by atoms with E-state index in [0.29, 0.717) is 17.0 Å². The van der Waals surface area contributed by atoms with Crippen LogP contribution in [0.2, 0.25) is 0 Å². The number of hydrogen-bond acceptors (Lipinski definition) is 4. The van der Waals surface area contributed by atoms with Gasteiger partial charge < -0.3 is 9.47 Å². The third-order valence-corrected chi connectivity index (χ3v) is 6.40. The lowest BCUT2D eigenvalue weighted by molar-refractivity contribution is 0.353. The Morgan fingerprint density at radius 2 is 1.62 bits per heavy atom.